The molecule has 2 heterocycles. The summed E-state index contributed by atoms with van der Waals surface area (Å²) >= 11 is 2.83. The zero-order chi connectivity index (χ0) is 20.3. The van der Waals surface area contributed by atoms with Gasteiger partial charge in [0.15, 0.2) is 0 Å². The lowest BCUT2D eigenvalue weighted by Gasteiger charge is -2.19. The number of aromatic nitrogens is 3. The van der Waals surface area contributed by atoms with E-state index >= 15 is 0 Å². The number of anilines is 1. The Morgan fingerprint density at radius 1 is 1.25 bits per heavy atom. The van der Waals surface area contributed by atoms with Crippen molar-refractivity contribution in [3.8, 4) is 0 Å². The maximum Gasteiger partial charge on any atom is 0.277 e. The first-order valence-electron chi connectivity index (χ1n) is 9.02. The van der Waals surface area contributed by atoms with Gasteiger partial charge in [0.2, 0.25) is 11.8 Å². The van der Waals surface area contributed by atoms with Crippen LogP contribution >= 0.6 is 23.1 Å². The number of thiazole rings is 1. The van der Waals surface area contributed by atoms with Gasteiger partial charge in [-0.1, -0.05) is 44.7 Å². The Kier molecular flexibility index (Phi) is 6.20. The van der Waals surface area contributed by atoms with Crippen LogP contribution in [0.3, 0.4) is 0 Å². The minimum Gasteiger partial charge on any atom is -0.416 e. The van der Waals surface area contributed by atoms with E-state index in [4.69, 9.17) is 4.42 Å². The van der Waals surface area contributed by atoms with Crippen LogP contribution in [0.2, 0.25) is 0 Å². The van der Waals surface area contributed by atoms with Gasteiger partial charge in [-0.05, 0) is 37.0 Å². The van der Waals surface area contributed by atoms with Crippen LogP contribution in [-0.2, 0) is 16.6 Å². The molecule has 0 spiro atoms. The Bertz CT molecular complexity index is 942. The Morgan fingerprint density at radius 3 is 2.57 bits per heavy atom. The first-order valence-corrected chi connectivity index (χ1v) is 10.8. The van der Waals surface area contributed by atoms with Crippen LogP contribution in [0.25, 0.3) is 0 Å². The molecule has 28 heavy (non-hydrogen) atoms. The smallest absolute Gasteiger partial charge is 0.277 e. The number of thioether (sulfide) groups is 1. The van der Waals surface area contributed by atoms with Crippen LogP contribution in [0.1, 0.15) is 49.9 Å². The normalized spacial score (nSPS) is 12.8. The van der Waals surface area contributed by atoms with Gasteiger partial charge < -0.3 is 9.73 Å². The second-order valence-electron chi connectivity index (χ2n) is 7.57. The molecule has 2 aromatic heterocycles. The molecule has 148 valence electrons. The molecule has 1 unspecified atom stereocenters. The lowest BCUT2D eigenvalue weighted by molar-refractivity contribution is -0.115. The minimum absolute atomic E-state index is 0.0819. The monoisotopic (exact) mass is 416 g/mol. The summed E-state index contributed by atoms with van der Waals surface area (Å²) in [6.45, 7) is 10.3. The number of nitrogens with one attached hydrogen (secondary N) is 1. The average molecular weight is 417 g/mol. The van der Waals surface area contributed by atoms with Gasteiger partial charge in [0.25, 0.3) is 5.22 Å². The number of aryl methyl sites for hydroxylation is 1. The fourth-order valence-electron chi connectivity index (χ4n) is 2.50. The first-order chi connectivity index (χ1) is 13.2. The van der Waals surface area contributed by atoms with E-state index in [-0.39, 0.29) is 16.6 Å². The van der Waals surface area contributed by atoms with E-state index in [2.05, 4.69) is 41.3 Å². The molecule has 3 rings (SSSR count). The van der Waals surface area contributed by atoms with Gasteiger partial charge in [-0.15, -0.1) is 21.5 Å². The van der Waals surface area contributed by atoms with Crippen molar-refractivity contribution < 1.29 is 9.21 Å². The van der Waals surface area contributed by atoms with Crippen LogP contribution in [0, 0.1) is 6.92 Å². The highest BCUT2D eigenvalue weighted by Crippen LogP contribution is 2.26. The van der Waals surface area contributed by atoms with Crippen molar-refractivity contribution in [2.45, 2.75) is 56.9 Å². The van der Waals surface area contributed by atoms with Crippen molar-refractivity contribution in [3.05, 3.63) is 51.8 Å². The average Bonchev–Trinajstić information content (AvgIpc) is 3.23. The van der Waals surface area contributed by atoms with E-state index in [1.54, 1.807) is 11.3 Å². The fourth-order valence-corrected chi connectivity index (χ4v) is 3.82. The van der Waals surface area contributed by atoms with Gasteiger partial charge >= 0.3 is 0 Å². The van der Waals surface area contributed by atoms with E-state index < -0.39 is 0 Å². The molecule has 0 bridgehead atoms. The lowest BCUT2D eigenvalue weighted by atomic mass is 9.87. The number of hydrogen-bond donors (Lipinski definition) is 1. The molecule has 1 amide bonds. The largest absolute Gasteiger partial charge is 0.416 e. The van der Waals surface area contributed by atoms with Crippen molar-refractivity contribution >= 4 is 34.7 Å². The summed E-state index contributed by atoms with van der Waals surface area (Å²) in [6, 6.07) is 7.93. The molecule has 0 saturated heterocycles. The van der Waals surface area contributed by atoms with Crippen LogP contribution in [-0.4, -0.2) is 26.3 Å². The molecule has 1 atom stereocenters. The predicted molar refractivity (Wildman–Crippen MR) is 113 cm³/mol. The summed E-state index contributed by atoms with van der Waals surface area (Å²) in [7, 11) is 0. The van der Waals surface area contributed by atoms with Crippen molar-refractivity contribution in [2.24, 2.45) is 0 Å². The standard InChI is InChI=1S/C20H24N4O2S2/c1-12(18(25)22-15-8-6-14(7-9-15)20(3,4)5)28-19-24-23-17(26-19)10-16-11-27-13(2)21-16/h6-9,11-12H,10H2,1-5H3,(H,22,25). The lowest BCUT2D eigenvalue weighted by Crippen LogP contribution is -2.22. The van der Waals surface area contributed by atoms with E-state index in [0.29, 0.717) is 17.5 Å². The molecular weight excluding hydrogens is 392 g/mol. The number of carbonyl (C=O) groups is 1. The SMILES string of the molecule is Cc1nc(Cc2nnc(SC(C)C(=O)Nc3ccc(C(C)(C)C)cc3)o2)cs1. The molecule has 0 saturated carbocycles. The number of amides is 1. The summed E-state index contributed by atoms with van der Waals surface area (Å²) in [5, 5.41) is 14.0. The second-order valence-corrected chi connectivity index (χ2v) is 9.93. The van der Waals surface area contributed by atoms with Crippen LogP contribution in [0.15, 0.2) is 39.3 Å². The second kappa shape index (κ2) is 8.45. The molecule has 1 N–H and O–H groups in total. The molecule has 0 radical (unpaired) electrons. The summed E-state index contributed by atoms with van der Waals surface area (Å²) in [5.74, 6) is 0.390. The number of carbonyl (C=O) groups excluding carboxylic acids is 1. The maximum atomic E-state index is 12.5. The van der Waals surface area contributed by atoms with Crippen LogP contribution in [0.4, 0.5) is 5.69 Å². The highest BCUT2D eigenvalue weighted by atomic mass is 32.2. The van der Waals surface area contributed by atoms with Crippen molar-refractivity contribution in [1.29, 1.82) is 0 Å². The number of rotatable bonds is 6. The number of hydrogen-bond acceptors (Lipinski definition) is 7. The molecule has 0 fully saturated rings. The third-order valence-electron chi connectivity index (χ3n) is 4.11. The zero-order valence-corrected chi connectivity index (χ0v) is 18.3. The molecule has 1 aromatic carbocycles. The number of benzene rings is 1. The van der Waals surface area contributed by atoms with E-state index in [1.807, 2.05) is 43.5 Å². The summed E-state index contributed by atoms with van der Waals surface area (Å²) in [4.78, 5) is 16.9. The van der Waals surface area contributed by atoms with Crippen molar-refractivity contribution in [1.82, 2.24) is 15.2 Å². The van der Waals surface area contributed by atoms with E-state index in [0.717, 1.165) is 16.4 Å². The highest BCUT2D eigenvalue weighted by molar-refractivity contribution is 8.00. The molecule has 0 aliphatic carbocycles. The topological polar surface area (TPSA) is 80.9 Å². The summed E-state index contributed by atoms with van der Waals surface area (Å²) < 4.78 is 5.65. The van der Waals surface area contributed by atoms with Crippen LogP contribution < -0.4 is 5.32 Å². The van der Waals surface area contributed by atoms with E-state index in [9.17, 15) is 4.79 Å². The van der Waals surface area contributed by atoms with Gasteiger partial charge in [0, 0.05) is 11.1 Å². The summed E-state index contributed by atoms with van der Waals surface area (Å²) in [5.41, 5.74) is 2.99. The van der Waals surface area contributed by atoms with Crippen molar-refractivity contribution in [3.63, 3.8) is 0 Å². The molecule has 8 heteroatoms. The highest BCUT2D eigenvalue weighted by Gasteiger charge is 2.19. The molecule has 0 aliphatic rings. The Labute approximate surface area is 173 Å². The van der Waals surface area contributed by atoms with Gasteiger partial charge in [-0.3, -0.25) is 4.79 Å². The van der Waals surface area contributed by atoms with Gasteiger partial charge in [-0.25, -0.2) is 4.98 Å². The third-order valence-corrected chi connectivity index (χ3v) is 5.87. The van der Waals surface area contributed by atoms with E-state index in [1.165, 1.54) is 17.3 Å². The predicted octanol–water partition coefficient (Wildman–Crippen LogP) is 4.84. The van der Waals surface area contributed by atoms with Crippen molar-refractivity contribution in [2.75, 3.05) is 5.32 Å². The van der Waals surface area contributed by atoms with Gasteiger partial charge in [-0.2, -0.15) is 0 Å². The first kappa shape index (κ1) is 20.5. The Balaban J connectivity index is 1.55. The third kappa shape index (κ3) is 5.42. The van der Waals surface area contributed by atoms with Crippen LogP contribution in [0.5, 0.6) is 0 Å². The summed E-state index contributed by atoms with van der Waals surface area (Å²) in [6.07, 6.45) is 0.499. The quantitative estimate of drug-likeness (QED) is 0.579. The van der Waals surface area contributed by atoms with Gasteiger partial charge in [0.05, 0.1) is 22.4 Å². The Morgan fingerprint density at radius 2 is 1.96 bits per heavy atom. The Hall–Kier alpha value is -2.19. The molecule has 3 aromatic rings. The molecule has 6 nitrogen and oxygen atoms in total. The zero-order valence-electron chi connectivity index (χ0n) is 16.6. The maximum absolute atomic E-state index is 12.5. The fraction of sp³-hybridized carbons (Fsp3) is 0.400. The molecule has 0 aliphatic heterocycles. The minimum atomic E-state index is -0.364. The number of nitrogens with zero attached hydrogens (tertiary/aromatic N) is 3. The van der Waals surface area contributed by atoms with Gasteiger partial charge in [0.1, 0.15) is 0 Å². The molecular formula is C20H24N4O2S2.